The standard InChI is InChI=1S/C21H27F3O2/c1-5-8-21(20(24)12-16(22)7-3)26-17-9-10-19(23)18(13-17)15(4)14-25-11-6-2/h7,9-10,12-13,15H,3,5-6,8,11,14H2,1-2,4H3/b16-12+,21-20-. The highest BCUT2D eigenvalue weighted by Gasteiger charge is 2.15. The van der Waals surface area contributed by atoms with Gasteiger partial charge in [0.1, 0.15) is 23.2 Å². The lowest BCUT2D eigenvalue weighted by molar-refractivity contribution is 0.123. The number of hydrogen-bond acceptors (Lipinski definition) is 2. The molecule has 0 aliphatic rings. The fraction of sp³-hybridized carbons (Fsp3) is 0.429. The van der Waals surface area contributed by atoms with Gasteiger partial charge in [-0.1, -0.05) is 27.4 Å². The lowest BCUT2D eigenvalue weighted by Crippen LogP contribution is -2.08. The fourth-order valence-electron chi connectivity index (χ4n) is 2.31. The molecule has 144 valence electrons. The predicted octanol–water partition coefficient (Wildman–Crippen LogP) is 6.76. The molecule has 0 spiro atoms. The first-order valence-electron chi connectivity index (χ1n) is 8.86. The van der Waals surface area contributed by atoms with E-state index in [1.165, 1.54) is 18.2 Å². The van der Waals surface area contributed by atoms with Crippen LogP contribution in [-0.4, -0.2) is 13.2 Å². The summed E-state index contributed by atoms with van der Waals surface area (Å²) in [7, 11) is 0. The van der Waals surface area contributed by atoms with E-state index in [0.717, 1.165) is 18.6 Å². The normalized spacial score (nSPS) is 14.0. The van der Waals surface area contributed by atoms with Crippen molar-refractivity contribution >= 4 is 0 Å². The molecule has 1 rings (SSSR count). The monoisotopic (exact) mass is 368 g/mol. The van der Waals surface area contributed by atoms with Crippen molar-refractivity contribution in [3.63, 3.8) is 0 Å². The number of ether oxygens (including phenoxy) is 2. The average Bonchev–Trinajstić information content (AvgIpc) is 2.62. The highest BCUT2D eigenvalue weighted by Crippen LogP contribution is 2.27. The van der Waals surface area contributed by atoms with E-state index in [4.69, 9.17) is 9.47 Å². The molecule has 0 aliphatic carbocycles. The van der Waals surface area contributed by atoms with Gasteiger partial charge < -0.3 is 9.47 Å². The van der Waals surface area contributed by atoms with Crippen molar-refractivity contribution in [2.75, 3.05) is 13.2 Å². The summed E-state index contributed by atoms with van der Waals surface area (Å²) in [5.74, 6) is -1.85. The first-order chi connectivity index (χ1) is 12.4. The highest BCUT2D eigenvalue weighted by molar-refractivity contribution is 5.34. The van der Waals surface area contributed by atoms with Crippen molar-refractivity contribution in [2.45, 2.75) is 46.0 Å². The summed E-state index contributed by atoms with van der Waals surface area (Å²) in [5, 5.41) is 0. The number of allylic oxidation sites excluding steroid dienone is 5. The molecule has 1 unspecified atom stereocenters. The van der Waals surface area contributed by atoms with E-state index >= 15 is 0 Å². The Balaban J connectivity index is 3.05. The highest BCUT2D eigenvalue weighted by atomic mass is 19.1. The molecule has 5 heteroatoms. The molecule has 0 heterocycles. The van der Waals surface area contributed by atoms with Crippen LogP contribution in [0.3, 0.4) is 0 Å². The molecule has 1 atom stereocenters. The number of hydrogen-bond donors (Lipinski definition) is 0. The molecule has 1 aromatic carbocycles. The summed E-state index contributed by atoms with van der Waals surface area (Å²) >= 11 is 0. The third-order valence-corrected chi connectivity index (χ3v) is 3.66. The summed E-state index contributed by atoms with van der Waals surface area (Å²) in [5.41, 5.74) is 0.433. The Labute approximate surface area is 154 Å². The van der Waals surface area contributed by atoms with Crippen LogP contribution < -0.4 is 4.74 Å². The van der Waals surface area contributed by atoms with E-state index in [-0.39, 0.29) is 23.9 Å². The van der Waals surface area contributed by atoms with E-state index < -0.39 is 11.7 Å². The zero-order valence-corrected chi connectivity index (χ0v) is 15.7. The number of halogens is 3. The van der Waals surface area contributed by atoms with Gasteiger partial charge in [0, 0.05) is 25.0 Å². The van der Waals surface area contributed by atoms with Gasteiger partial charge in [-0.2, -0.15) is 0 Å². The minimum absolute atomic E-state index is 0.00283. The van der Waals surface area contributed by atoms with Crippen LogP contribution in [0.25, 0.3) is 0 Å². The van der Waals surface area contributed by atoms with E-state index in [1.807, 2.05) is 20.8 Å². The van der Waals surface area contributed by atoms with Crippen LogP contribution in [0.15, 0.2) is 54.3 Å². The predicted molar refractivity (Wildman–Crippen MR) is 99.0 cm³/mol. The molecule has 0 aromatic heterocycles. The van der Waals surface area contributed by atoms with Crippen LogP contribution in [0.1, 0.15) is 51.5 Å². The van der Waals surface area contributed by atoms with Crippen molar-refractivity contribution in [1.29, 1.82) is 0 Å². The first kappa shape index (κ1) is 22.0. The molecule has 0 radical (unpaired) electrons. The SMILES string of the molecule is C=C/C(F)=C\C(F)=C(/CCC)Oc1ccc(F)c(C(C)COCCC)c1. The Morgan fingerprint density at radius 3 is 2.58 bits per heavy atom. The smallest absolute Gasteiger partial charge is 0.164 e. The molecule has 0 amide bonds. The second-order valence-electron chi connectivity index (χ2n) is 6.02. The molecular formula is C21H27F3O2. The van der Waals surface area contributed by atoms with Gasteiger partial charge in [0.05, 0.1) is 6.61 Å². The van der Waals surface area contributed by atoms with E-state index in [1.54, 1.807) is 0 Å². The maximum absolute atomic E-state index is 14.2. The van der Waals surface area contributed by atoms with Gasteiger partial charge in [-0.15, -0.1) is 0 Å². The van der Waals surface area contributed by atoms with Crippen molar-refractivity contribution in [1.82, 2.24) is 0 Å². The Morgan fingerprint density at radius 2 is 1.96 bits per heavy atom. The molecule has 0 aliphatic heterocycles. The van der Waals surface area contributed by atoms with Gasteiger partial charge in [0.25, 0.3) is 0 Å². The van der Waals surface area contributed by atoms with Gasteiger partial charge in [-0.3, -0.25) is 0 Å². The minimum atomic E-state index is -0.811. The summed E-state index contributed by atoms with van der Waals surface area (Å²) in [6, 6.07) is 4.24. The van der Waals surface area contributed by atoms with Crippen LogP contribution >= 0.6 is 0 Å². The average molecular weight is 368 g/mol. The van der Waals surface area contributed by atoms with Gasteiger partial charge >= 0.3 is 0 Å². The quantitative estimate of drug-likeness (QED) is 0.244. The van der Waals surface area contributed by atoms with Crippen LogP contribution in [0, 0.1) is 5.82 Å². The van der Waals surface area contributed by atoms with Crippen LogP contribution in [0.4, 0.5) is 13.2 Å². The van der Waals surface area contributed by atoms with Crippen LogP contribution in [-0.2, 0) is 4.74 Å². The van der Waals surface area contributed by atoms with E-state index in [9.17, 15) is 13.2 Å². The summed E-state index contributed by atoms with van der Waals surface area (Å²) in [6.45, 7) is 9.94. The molecule has 0 fully saturated rings. The zero-order valence-electron chi connectivity index (χ0n) is 15.7. The first-order valence-corrected chi connectivity index (χ1v) is 8.86. The Morgan fingerprint density at radius 1 is 1.23 bits per heavy atom. The Kier molecular flexibility index (Phi) is 9.81. The molecule has 0 saturated heterocycles. The largest absolute Gasteiger partial charge is 0.459 e. The van der Waals surface area contributed by atoms with Crippen molar-refractivity contribution in [3.8, 4) is 5.75 Å². The molecule has 2 nitrogen and oxygen atoms in total. The molecular weight excluding hydrogens is 341 g/mol. The van der Waals surface area contributed by atoms with E-state index in [2.05, 4.69) is 6.58 Å². The Bertz CT molecular complexity index is 651. The zero-order chi connectivity index (χ0) is 19.5. The fourth-order valence-corrected chi connectivity index (χ4v) is 2.31. The number of rotatable bonds is 11. The Hall–Kier alpha value is -2.01. The molecule has 0 saturated carbocycles. The summed E-state index contributed by atoms with van der Waals surface area (Å²) < 4.78 is 52.6. The lowest BCUT2D eigenvalue weighted by atomic mass is 10.0. The topological polar surface area (TPSA) is 18.5 Å². The van der Waals surface area contributed by atoms with E-state index in [0.29, 0.717) is 30.9 Å². The third-order valence-electron chi connectivity index (χ3n) is 3.66. The van der Waals surface area contributed by atoms with Gasteiger partial charge in [0.15, 0.2) is 5.83 Å². The molecule has 1 aromatic rings. The summed E-state index contributed by atoms with van der Waals surface area (Å²) in [6.07, 6.45) is 3.43. The minimum Gasteiger partial charge on any atom is -0.459 e. The van der Waals surface area contributed by atoms with Gasteiger partial charge in [0.2, 0.25) is 0 Å². The van der Waals surface area contributed by atoms with Crippen LogP contribution in [0.2, 0.25) is 0 Å². The third kappa shape index (κ3) is 7.08. The van der Waals surface area contributed by atoms with Crippen molar-refractivity contribution in [2.24, 2.45) is 0 Å². The summed E-state index contributed by atoms with van der Waals surface area (Å²) in [4.78, 5) is 0. The van der Waals surface area contributed by atoms with Crippen molar-refractivity contribution < 1.29 is 22.6 Å². The van der Waals surface area contributed by atoms with Gasteiger partial charge in [-0.05, 0) is 42.7 Å². The molecule has 26 heavy (non-hydrogen) atoms. The second-order valence-corrected chi connectivity index (χ2v) is 6.02. The van der Waals surface area contributed by atoms with Crippen molar-refractivity contribution in [3.05, 3.63) is 65.7 Å². The lowest BCUT2D eigenvalue weighted by Gasteiger charge is -2.16. The number of benzene rings is 1. The van der Waals surface area contributed by atoms with Gasteiger partial charge in [-0.25, -0.2) is 13.2 Å². The second kappa shape index (κ2) is 11.6. The maximum atomic E-state index is 14.2. The molecule has 0 bridgehead atoms. The van der Waals surface area contributed by atoms with Crippen LogP contribution in [0.5, 0.6) is 5.75 Å². The molecule has 0 N–H and O–H groups in total. The maximum Gasteiger partial charge on any atom is 0.164 e.